The van der Waals surface area contributed by atoms with E-state index in [4.69, 9.17) is 4.42 Å². The van der Waals surface area contributed by atoms with Crippen LogP contribution >= 0.6 is 0 Å². The van der Waals surface area contributed by atoms with Crippen LogP contribution in [0, 0.1) is 0 Å². The van der Waals surface area contributed by atoms with Crippen molar-refractivity contribution < 1.29 is 4.42 Å². The molecular formula is C17H16N2O. The van der Waals surface area contributed by atoms with Gasteiger partial charge in [-0.1, -0.05) is 24.3 Å². The van der Waals surface area contributed by atoms with Gasteiger partial charge in [-0.25, -0.2) is 4.98 Å². The number of oxazole rings is 1. The number of para-hydroxylation sites is 2. The molecule has 0 N–H and O–H groups in total. The normalized spacial score (nSPS) is 11.3. The van der Waals surface area contributed by atoms with Crippen molar-refractivity contribution in [2.45, 2.75) is 0 Å². The van der Waals surface area contributed by atoms with Gasteiger partial charge in [-0.15, -0.1) is 0 Å². The van der Waals surface area contributed by atoms with Gasteiger partial charge in [0.1, 0.15) is 5.52 Å². The number of hydrogen-bond acceptors (Lipinski definition) is 3. The highest BCUT2D eigenvalue weighted by Gasteiger charge is 2.01. The number of rotatable bonds is 3. The van der Waals surface area contributed by atoms with Crippen LogP contribution in [-0.4, -0.2) is 19.1 Å². The topological polar surface area (TPSA) is 29.3 Å². The molecule has 0 amide bonds. The lowest BCUT2D eigenvalue weighted by Gasteiger charge is -2.11. The highest BCUT2D eigenvalue weighted by atomic mass is 16.3. The first-order chi connectivity index (χ1) is 9.72. The van der Waals surface area contributed by atoms with Crippen LogP contribution in [-0.2, 0) is 0 Å². The molecule has 20 heavy (non-hydrogen) atoms. The van der Waals surface area contributed by atoms with Gasteiger partial charge in [0.2, 0.25) is 5.89 Å². The minimum Gasteiger partial charge on any atom is -0.437 e. The van der Waals surface area contributed by atoms with E-state index < -0.39 is 0 Å². The van der Waals surface area contributed by atoms with E-state index in [0.717, 1.165) is 16.7 Å². The standard InChI is InChI=1S/C17H16N2O/c1-19(2)14-10-7-13(8-11-14)9-12-17-18-15-5-3-4-6-16(15)20-17/h3-12H,1-2H3/b12-9+. The first-order valence-corrected chi connectivity index (χ1v) is 6.53. The van der Waals surface area contributed by atoms with E-state index in [1.54, 1.807) is 0 Å². The maximum atomic E-state index is 5.65. The molecular weight excluding hydrogens is 248 g/mol. The van der Waals surface area contributed by atoms with Crippen molar-refractivity contribution >= 4 is 28.9 Å². The third kappa shape index (κ3) is 2.57. The summed E-state index contributed by atoms with van der Waals surface area (Å²) in [4.78, 5) is 6.49. The summed E-state index contributed by atoms with van der Waals surface area (Å²) in [5.41, 5.74) is 4.01. The van der Waals surface area contributed by atoms with Crippen molar-refractivity contribution in [2.24, 2.45) is 0 Å². The van der Waals surface area contributed by atoms with Crippen LogP contribution in [0.3, 0.4) is 0 Å². The first kappa shape index (κ1) is 12.5. The number of aromatic nitrogens is 1. The van der Waals surface area contributed by atoms with Crippen LogP contribution in [0.1, 0.15) is 11.5 Å². The Hall–Kier alpha value is -2.55. The van der Waals surface area contributed by atoms with Gasteiger partial charge in [-0.2, -0.15) is 0 Å². The number of benzene rings is 2. The van der Waals surface area contributed by atoms with Gasteiger partial charge in [-0.3, -0.25) is 0 Å². The first-order valence-electron chi connectivity index (χ1n) is 6.53. The van der Waals surface area contributed by atoms with E-state index in [9.17, 15) is 0 Å². The summed E-state index contributed by atoms with van der Waals surface area (Å²) in [5, 5.41) is 0. The molecule has 1 heterocycles. The second-order valence-corrected chi connectivity index (χ2v) is 4.84. The molecule has 0 radical (unpaired) electrons. The summed E-state index contributed by atoms with van der Waals surface area (Å²) in [6.45, 7) is 0. The summed E-state index contributed by atoms with van der Waals surface area (Å²) in [6.07, 6.45) is 3.90. The molecule has 0 aliphatic rings. The Morgan fingerprint density at radius 2 is 1.70 bits per heavy atom. The summed E-state index contributed by atoms with van der Waals surface area (Å²) in [5.74, 6) is 0.628. The number of hydrogen-bond donors (Lipinski definition) is 0. The highest BCUT2D eigenvalue weighted by Crippen LogP contribution is 2.18. The number of fused-ring (bicyclic) bond motifs is 1. The summed E-state index contributed by atoms with van der Waals surface area (Å²) in [6, 6.07) is 16.1. The van der Waals surface area contributed by atoms with Crippen molar-refractivity contribution in [1.29, 1.82) is 0 Å². The minimum absolute atomic E-state index is 0.628. The van der Waals surface area contributed by atoms with E-state index in [1.165, 1.54) is 5.69 Å². The van der Waals surface area contributed by atoms with Gasteiger partial charge < -0.3 is 9.32 Å². The highest BCUT2D eigenvalue weighted by molar-refractivity contribution is 5.76. The summed E-state index contributed by atoms with van der Waals surface area (Å²) in [7, 11) is 4.06. The lowest BCUT2D eigenvalue weighted by atomic mass is 10.2. The second-order valence-electron chi connectivity index (χ2n) is 4.84. The van der Waals surface area contributed by atoms with Crippen molar-refractivity contribution in [2.75, 3.05) is 19.0 Å². The van der Waals surface area contributed by atoms with E-state index in [1.807, 2.05) is 50.5 Å². The third-order valence-corrected chi connectivity index (χ3v) is 3.14. The van der Waals surface area contributed by atoms with Gasteiger partial charge in [0.25, 0.3) is 0 Å². The Bertz CT molecular complexity index is 706. The molecule has 0 bridgehead atoms. The zero-order chi connectivity index (χ0) is 13.9. The Morgan fingerprint density at radius 1 is 0.950 bits per heavy atom. The lowest BCUT2D eigenvalue weighted by Crippen LogP contribution is -2.07. The van der Waals surface area contributed by atoms with Crippen molar-refractivity contribution in [1.82, 2.24) is 4.98 Å². The molecule has 1 aromatic heterocycles. The van der Waals surface area contributed by atoms with Crippen molar-refractivity contribution in [3.05, 3.63) is 60.0 Å². The Morgan fingerprint density at radius 3 is 2.40 bits per heavy atom. The zero-order valence-corrected chi connectivity index (χ0v) is 11.6. The molecule has 100 valence electrons. The van der Waals surface area contributed by atoms with Gasteiger partial charge in [0.15, 0.2) is 5.58 Å². The van der Waals surface area contributed by atoms with Crippen LogP contribution in [0.15, 0.2) is 52.9 Å². The fraction of sp³-hybridized carbons (Fsp3) is 0.118. The largest absolute Gasteiger partial charge is 0.437 e. The third-order valence-electron chi connectivity index (χ3n) is 3.14. The summed E-state index contributed by atoms with van der Waals surface area (Å²) < 4.78 is 5.65. The molecule has 0 unspecified atom stereocenters. The Labute approximate surface area is 118 Å². The molecule has 0 fully saturated rings. The molecule has 3 rings (SSSR count). The fourth-order valence-corrected chi connectivity index (χ4v) is 2.01. The molecule has 3 aromatic rings. The molecule has 0 aliphatic heterocycles. The van der Waals surface area contributed by atoms with E-state index in [-0.39, 0.29) is 0 Å². The quantitative estimate of drug-likeness (QED) is 0.714. The number of nitrogens with zero attached hydrogens (tertiary/aromatic N) is 2. The van der Waals surface area contributed by atoms with Crippen LogP contribution < -0.4 is 4.90 Å². The van der Waals surface area contributed by atoms with Gasteiger partial charge >= 0.3 is 0 Å². The molecule has 3 nitrogen and oxygen atoms in total. The van der Waals surface area contributed by atoms with Crippen LogP contribution in [0.5, 0.6) is 0 Å². The monoisotopic (exact) mass is 264 g/mol. The van der Waals surface area contributed by atoms with Crippen molar-refractivity contribution in [3.63, 3.8) is 0 Å². The predicted octanol–water partition coefficient (Wildman–Crippen LogP) is 4.06. The molecule has 0 spiro atoms. The zero-order valence-electron chi connectivity index (χ0n) is 11.6. The Balaban J connectivity index is 1.82. The maximum Gasteiger partial charge on any atom is 0.220 e. The molecule has 3 heteroatoms. The lowest BCUT2D eigenvalue weighted by molar-refractivity contribution is 0.590. The van der Waals surface area contributed by atoms with Crippen molar-refractivity contribution in [3.8, 4) is 0 Å². The molecule has 0 saturated heterocycles. The second kappa shape index (κ2) is 5.21. The maximum absolute atomic E-state index is 5.65. The SMILES string of the molecule is CN(C)c1ccc(/C=C/c2nc3ccccc3o2)cc1. The fourth-order valence-electron chi connectivity index (χ4n) is 2.01. The molecule has 0 atom stereocenters. The molecule has 2 aromatic carbocycles. The molecule has 0 aliphatic carbocycles. The number of anilines is 1. The van der Waals surface area contributed by atoms with Crippen LogP contribution in [0.4, 0.5) is 5.69 Å². The average Bonchev–Trinajstić information content (AvgIpc) is 2.88. The average molecular weight is 264 g/mol. The van der Waals surface area contributed by atoms with E-state index >= 15 is 0 Å². The van der Waals surface area contributed by atoms with E-state index in [0.29, 0.717) is 5.89 Å². The predicted molar refractivity (Wildman–Crippen MR) is 83.7 cm³/mol. The minimum atomic E-state index is 0.628. The summed E-state index contributed by atoms with van der Waals surface area (Å²) >= 11 is 0. The van der Waals surface area contributed by atoms with Gasteiger partial charge in [-0.05, 0) is 35.9 Å². The van der Waals surface area contributed by atoms with E-state index in [2.05, 4.69) is 34.1 Å². The molecule has 0 saturated carbocycles. The van der Waals surface area contributed by atoms with Crippen LogP contribution in [0.2, 0.25) is 0 Å². The van der Waals surface area contributed by atoms with Crippen LogP contribution in [0.25, 0.3) is 23.3 Å². The van der Waals surface area contributed by atoms with Gasteiger partial charge in [0, 0.05) is 25.9 Å². The Kier molecular flexibility index (Phi) is 3.25. The van der Waals surface area contributed by atoms with Gasteiger partial charge in [0.05, 0.1) is 0 Å². The smallest absolute Gasteiger partial charge is 0.220 e.